The highest BCUT2D eigenvalue weighted by molar-refractivity contribution is 5.85. The average Bonchev–Trinajstić information content (AvgIpc) is 3.37. The first-order chi connectivity index (χ1) is 12.7. The molecule has 1 aliphatic heterocycles. The third-order valence-electron chi connectivity index (χ3n) is 5.31. The molecule has 0 atom stereocenters. The lowest BCUT2D eigenvalue weighted by molar-refractivity contribution is 0.586. The topological polar surface area (TPSA) is 58.9 Å². The van der Waals surface area contributed by atoms with E-state index in [0.717, 1.165) is 42.4 Å². The molecule has 1 aliphatic carbocycles. The van der Waals surface area contributed by atoms with E-state index >= 15 is 0 Å². The van der Waals surface area contributed by atoms with Crippen LogP contribution in [0.4, 0.5) is 11.8 Å². The van der Waals surface area contributed by atoms with Gasteiger partial charge in [0.2, 0.25) is 5.95 Å². The van der Waals surface area contributed by atoms with Crippen LogP contribution in [0.3, 0.4) is 0 Å². The molecule has 1 saturated carbocycles. The third kappa shape index (κ3) is 2.60. The van der Waals surface area contributed by atoms with E-state index in [4.69, 9.17) is 4.98 Å². The van der Waals surface area contributed by atoms with Gasteiger partial charge in [0.25, 0.3) is 0 Å². The van der Waals surface area contributed by atoms with Crippen molar-refractivity contribution < 1.29 is 0 Å². The summed E-state index contributed by atoms with van der Waals surface area (Å²) in [6.45, 7) is 6.26. The van der Waals surface area contributed by atoms with Crippen molar-refractivity contribution in [2.45, 2.75) is 51.7 Å². The van der Waals surface area contributed by atoms with Crippen LogP contribution in [0.25, 0.3) is 11.2 Å². The zero-order valence-electron chi connectivity index (χ0n) is 15.3. The van der Waals surface area contributed by atoms with Gasteiger partial charge in [0.05, 0.1) is 0 Å². The van der Waals surface area contributed by atoms with Crippen molar-refractivity contribution in [1.82, 2.24) is 19.5 Å². The van der Waals surface area contributed by atoms with Gasteiger partial charge in [-0.1, -0.05) is 24.3 Å². The molecular formula is C20H24N6. The maximum atomic E-state index is 5.01. The van der Waals surface area contributed by atoms with E-state index in [0.29, 0.717) is 6.04 Å². The molecule has 5 rings (SSSR count). The number of fused-ring (bicyclic) bond motifs is 2. The zero-order chi connectivity index (χ0) is 17.7. The van der Waals surface area contributed by atoms with Gasteiger partial charge in [-0.05, 0) is 44.2 Å². The van der Waals surface area contributed by atoms with Crippen LogP contribution in [0.2, 0.25) is 0 Å². The quantitative estimate of drug-likeness (QED) is 0.781. The van der Waals surface area contributed by atoms with Crippen molar-refractivity contribution in [2.75, 3.05) is 16.8 Å². The molecule has 1 aromatic carbocycles. The Labute approximate surface area is 153 Å². The highest BCUT2D eigenvalue weighted by Gasteiger charge is 2.27. The number of nitrogens with one attached hydrogen (secondary N) is 1. The maximum Gasteiger partial charge on any atom is 0.208 e. The number of rotatable bonds is 4. The van der Waals surface area contributed by atoms with Gasteiger partial charge in [-0.2, -0.15) is 0 Å². The standard InChI is InChI=1S/C20H24N6/c1-13(2)26-19-17(18(21-12-22-19)23-16-7-8-16)24-20(26)25-10-9-14-5-3-4-6-15(14)11-25/h3-6,12-13,16H,7-11H2,1-2H3,(H,21,22,23). The van der Waals surface area contributed by atoms with E-state index in [-0.39, 0.29) is 6.04 Å². The summed E-state index contributed by atoms with van der Waals surface area (Å²) in [6.07, 6.45) is 5.14. The first kappa shape index (κ1) is 15.6. The van der Waals surface area contributed by atoms with Crippen molar-refractivity contribution in [1.29, 1.82) is 0 Å². The van der Waals surface area contributed by atoms with Crippen LogP contribution in [0.5, 0.6) is 0 Å². The number of imidazole rings is 1. The minimum atomic E-state index is 0.288. The van der Waals surface area contributed by atoms with Gasteiger partial charge in [-0.3, -0.25) is 4.57 Å². The molecule has 134 valence electrons. The molecule has 0 radical (unpaired) electrons. The van der Waals surface area contributed by atoms with Crippen LogP contribution in [0, 0.1) is 0 Å². The SMILES string of the molecule is CC(C)n1c(N2CCc3ccccc3C2)nc2c(NC3CC3)ncnc21. The highest BCUT2D eigenvalue weighted by atomic mass is 15.3. The van der Waals surface area contributed by atoms with Crippen LogP contribution in [0.1, 0.15) is 43.9 Å². The summed E-state index contributed by atoms with van der Waals surface area (Å²) in [7, 11) is 0. The van der Waals surface area contributed by atoms with E-state index < -0.39 is 0 Å². The number of nitrogens with zero attached hydrogens (tertiary/aromatic N) is 5. The first-order valence-electron chi connectivity index (χ1n) is 9.52. The predicted octanol–water partition coefficient (Wildman–Crippen LogP) is 3.54. The first-order valence-corrected chi connectivity index (χ1v) is 9.52. The monoisotopic (exact) mass is 348 g/mol. The summed E-state index contributed by atoms with van der Waals surface area (Å²) >= 11 is 0. The van der Waals surface area contributed by atoms with Gasteiger partial charge in [0, 0.05) is 25.2 Å². The summed E-state index contributed by atoms with van der Waals surface area (Å²) in [5, 5.41) is 3.51. The van der Waals surface area contributed by atoms with Gasteiger partial charge in [-0.25, -0.2) is 15.0 Å². The molecule has 6 nitrogen and oxygen atoms in total. The third-order valence-corrected chi connectivity index (χ3v) is 5.31. The molecule has 2 aliphatic rings. The second-order valence-electron chi connectivity index (χ2n) is 7.63. The maximum absolute atomic E-state index is 5.01. The Bertz CT molecular complexity index is 956. The molecule has 0 bridgehead atoms. The molecule has 3 aromatic rings. The van der Waals surface area contributed by atoms with Gasteiger partial charge < -0.3 is 10.2 Å². The van der Waals surface area contributed by atoms with Gasteiger partial charge >= 0.3 is 0 Å². The fourth-order valence-electron chi connectivity index (χ4n) is 3.79. The normalized spacial score (nSPS) is 17.0. The number of aromatic nitrogens is 4. The Morgan fingerprint density at radius 1 is 1.12 bits per heavy atom. The molecule has 0 saturated heterocycles. The van der Waals surface area contributed by atoms with E-state index in [2.05, 4.69) is 62.9 Å². The Morgan fingerprint density at radius 3 is 2.69 bits per heavy atom. The number of benzene rings is 1. The highest BCUT2D eigenvalue weighted by Crippen LogP contribution is 2.33. The lowest BCUT2D eigenvalue weighted by Crippen LogP contribution is -2.32. The number of anilines is 2. The van der Waals surface area contributed by atoms with Gasteiger partial charge in [-0.15, -0.1) is 0 Å². The summed E-state index contributed by atoms with van der Waals surface area (Å²) in [4.78, 5) is 16.4. The van der Waals surface area contributed by atoms with Crippen LogP contribution in [0.15, 0.2) is 30.6 Å². The smallest absolute Gasteiger partial charge is 0.208 e. The van der Waals surface area contributed by atoms with Crippen molar-refractivity contribution in [3.63, 3.8) is 0 Å². The molecule has 0 amide bonds. The summed E-state index contributed by atoms with van der Waals surface area (Å²) in [6, 6.07) is 9.55. The Balaban J connectivity index is 1.59. The second kappa shape index (κ2) is 5.97. The van der Waals surface area contributed by atoms with Crippen LogP contribution < -0.4 is 10.2 Å². The van der Waals surface area contributed by atoms with E-state index in [1.807, 2.05) is 0 Å². The summed E-state index contributed by atoms with van der Waals surface area (Å²) in [5.74, 6) is 1.87. The van der Waals surface area contributed by atoms with Gasteiger partial charge in [0.15, 0.2) is 17.0 Å². The van der Waals surface area contributed by atoms with Crippen LogP contribution >= 0.6 is 0 Å². The molecule has 0 spiro atoms. The fraction of sp³-hybridized carbons (Fsp3) is 0.450. The molecule has 2 aromatic heterocycles. The molecule has 1 N–H and O–H groups in total. The zero-order valence-corrected chi connectivity index (χ0v) is 15.3. The molecule has 26 heavy (non-hydrogen) atoms. The molecule has 0 unspecified atom stereocenters. The van der Waals surface area contributed by atoms with Crippen LogP contribution in [-0.4, -0.2) is 32.1 Å². The Hall–Kier alpha value is -2.63. The number of hydrogen-bond donors (Lipinski definition) is 1. The molecule has 1 fully saturated rings. The number of hydrogen-bond acceptors (Lipinski definition) is 5. The van der Waals surface area contributed by atoms with Gasteiger partial charge in [0.1, 0.15) is 6.33 Å². The molecular weight excluding hydrogens is 324 g/mol. The Morgan fingerprint density at radius 2 is 1.92 bits per heavy atom. The molecule has 6 heteroatoms. The second-order valence-corrected chi connectivity index (χ2v) is 7.63. The Kier molecular flexibility index (Phi) is 3.58. The predicted molar refractivity (Wildman–Crippen MR) is 104 cm³/mol. The fourth-order valence-corrected chi connectivity index (χ4v) is 3.79. The van der Waals surface area contributed by atoms with Crippen molar-refractivity contribution in [3.8, 4) is 0 Å². The van der Waals surface area contributed by atoms with Crippen molar-refractivity contribution >= 4 is 22.9 Å². The largest absolute Gasteiger partial charge is 0.365 e. The van der Waals surface area contributed by atoms with Crippen LogP contribution in [-0.2, 0) is 13.0 Å². The lowest BCUT2D eigenvalue weighted by atomic mass is 10.0. The van der Waals surface area contributed by atoms with E-state index in [9.17, 15) is 0 Å². The average molecular weight is 348 g/mol. The summed E-state index contributed by atoms with van der Waals surface area (Å²) < 4.78 is 2.25. The van der Waals surface area contributed by atoms with Crippen molar-refractivity contribution in [2.24, 2.45) is 0 Å². The minimum absolute atomic E-state index is 0.288. The van der Waals surface area contributed by atoms with E-state index in [1.165, 1.54) is 24.0 Å². The van der Waals surface area contributed by atoms with Crippen molar-refractivity contribution in [3.05, 3.63) is 41.7 Å². The lowest BCUT2D eigenvalue weighted by Gasteiger charge is -2.30. The molecule has 3 heterocycles. The minimum Gasteiger partial charge on any atom is -0.365 e. The summed E-state index contributed by atoms with van der Waals surface area (Å²) in [5.41, 5.74) is 4.66. The van der Waals surface area contributed by atoms with E-state index in [1.54, 1.807) is 6.33 Å².